The van der Waals surface area contributed by atoms with E-state index >= 15 is 0 Å². The van der Waals surface area contributed by atoms with Crippen LogP contribution in [-0.4, -0.2) is 27.8 Å². The molecule has 2 aromatic heterocycles. The van der Waals surface area contributed by atoms with Gasteiger partial charge in [0, 0.05) is 23.3 Å². The number of amides is 1. The summed E-state index contributed by atoms with van der Waals surface area (Å²) in [4.78, 5) is 17.7. The highest BCUT2D eigenvalue weighted by Gasteiger charge is 2.24. The number of benzene rings is 2. The van der Waals surface area contributed by atoms with Crippen LogP contribution in [0, 0.1) is 6.92 Å². The second-order valence-corrected chi connectivity index (χ2v) is 7.39. The number of nitrogens with zero attached hydrogens (tertiary/aromatic N) is 3. The molecule has 7 heteroatoms. The van der Waals surface area contributed by atoms with Crippen molar-refractivity contribution in [1.82, 2.24) is 14.8 Å². The van der Waals surface area contributed by atoms with Gasteiger partial charge in [-0.3, -0.25) is 14.8 Å². The average molecular weight is 404 g/mol. The molecule has 0 aliphatic rings. The smallest absolute Gasteiger partial charge is 0.255 e. The van der Waals surface area contributed by atoms with Gasteiger partial charge in [0.25, 0.3) is 5.91 Å². The van der Waals surface area contributed by atoms with Crippen LogP contribution < -0.4 is 10.1 Å². The van der Waals surface area contributed by atoms with Crippen molar-refractivity contribution in [1.29, 1.82) is 0 Å². The molecule has 0 aliphatic carbocycles. The Hall–Kier alpha value is -3.45. The molecule has 6 nitrogen and oxygen atoms in total. The second-order valence-electron chi connectivity index (χ2n) is 6.53. The number of aryl methyl sites for hydroxylation is 1. The van der Waals surface area contributed by atoms with E-state index in [0.29, 0.717) is 5.13 Å². The van der Waals surface area contributed by atoms with Crippen molar-refractivity contribution in [3.8, 4) is 17.0 Å². The molecule has 0 fully saturated rings. The number of ether oxygens (including phenoxy) is 1. The van der Waals surface area contributed by atoms with Gasteiger partial charge in [-0.1, -0.05) is 42.0 Å². The summed E-state index contributed by atoms with van der Waals surface area (Å²) in [5.74, 6) is 0.550. The maximum Gasteiger partial charge on any atom is 0.255 e. The zero-order chi connectivity index (χ0) is 20.2. The standard InChI is InChI=1S/C22H20N4O2S/c1-15-9-10-19(28-2)17(13-15)18-14-29-22(24-18)25-21(27)20(26-12-6-11-23-26)16-7-4-3-5-8-16/h3-14,20H,1-2H3,(H,24,25,27). The fraction of sp³-hybridized carbons (Fsp3) is 0.136. The second kappa shape index (κ2) is 8.28. The predicted octanol–water partition coefficient (Wildman–Crippen LogP) is 4.55. The minimum absolute atomic E-state index is 0.197. The highest BCUT2D eigenvalue weighted by Crippen LogP contribution is 2.33. The fourth-order valence-electron chi connectivity index (χ4n) is 3.14. The Balaban J connectivity index is 1.61. The van der Waals surface area contributed by atoms with Crippen LogP contribution in [0.1, 0.15) is 17.2 Å². The van der Waals surface area contributed by atoms with E-state index in [1.807, 2.05) is 60.8 Å². The molecule has 0 spiro atoms. The molecule has 29 heavy (non-hydrogen) atoms. The van der Waals surface area contributed by atoms with Gasteiger partial charge in [-0.15, -0.1) is 11.3 Å². The summed E-state index contributed by atoms with van der Waals surface area (Å²) in [7, 11) is 1.64. The molecule has 0 saturated carbocycles. The van der Waals surface area contributed by atoms with Gasteiger partial charge in [-0.2, -0.15) is 5.10 Å². The van der Waals surface area contributed by atoms with E-state index in [4.69, 9.17) is 4.74 Å². The van der Waals surface area contributed by atoms with E-state index in [-0.39, 0.29) is 5.91 Å². The quantitative estimate of drug-likeness (QED) is 0.512. The van der Waals surface area contributed by atoms with Gasteiger partial charge >= 0.3 is 0 Å². The summed E-state index contributed by atoms with van der Waals surface area (Å²) in [5, 5.41) is 9.65. The summed E-state index contributed by atoms with van der Waals surface area (Å²) in [6.07, 6.45) is 3.44. The van der Waals surface area contributed by atoms with Crippen LogP contribution in [0.2, 0.25) is 0 Å². The zero-order valence-corrected chi connectivity index (χ0v) is 16.9. The number of nitrogens with one attached hydrogen (secondary N) is 1. The topological polar surface area (TPSA) is 69.0 Å². The lowest BCUT2D eigenvalue weighted by molar-refractivity contribution is -0.118. The van der Waals surface area contributed by atoms with Crippen LogP contribution in [0.15, 0.2) is 72.4 Å². The number of rotatable bonds is 6. The molecule has 4 aromatic rings. The Morgan fingerprint density at radius 3 is 2.72 bits per heavy atom. The van der Waals surface area contributed by atoms with Crippen LogP contribution >= 0.6 is 11.3 Å². The van der Waals surface area contributed by atoms with E-state index in [1.54, 1.807) is 30.3 Å². The number of carbonyl (C=O) groups is 1. The van der Waals surface area contributed by atoms with Crippen molar-refractivity contribution >= 4 is 22.4 Å². The Bertz CT molecular complexity index is 1110. The van der Waals surface area contributed by atoms with E-state index in [2.05, 4.69) is 15.4 Å². The summed E-state index contributed by atoms with van der Waals surface area (Å²) < 4.78 is 7.10. The van der Waals surface area contributed by atoms with Gasteiger partial charge in [0.15, 0.2) is 11.2 Å². The molecule has 146 valence electrons. The molecule has 0 saturated heterocycles. The monoisotopic (exact) mass is 404 g/mol. The van der Waals surface area contributed by atoms with Crippen molar-refractivity contribution in [3.05, 3.63) is 83.5 Å². The number of thiazole rings is 1. The van der Waals surface area contributed by atoms with Crippen molar-refractivity contribution in [2.75, 3.05) is 12.4 Å². The van der Waals surface area contributed by atoms with Gasteiger partial charge < -0.3 is 4.74 Å². The lowest BCUT2D eigenvalue weighted by Gasteiger charge is -2.17. The molecule has 1 N–H and O–H groups in total. The average Bonchev–Trinajstić information content (AvgIpc) is 3.41. The van der Waals surface area contributed by atoms with E-state index < -0.39 is 6.04 Å². The number of hydrogen-bond acceptors (Lipinski definition) is 5. The summed E-state index contributed by atoms with van der Waals surface area (Å²) in [6.45, 7) is 2.02. The molecular weight excluding hydrogens is 384 g/mol. The van der Waals surface area contributed by atoms with E-state index in [1.165, 1.54) is 11.3 Å². The van der Waals surface area contributed by atoms with Gasteiger partial charge in [0.1, 0.15) is 5.75 Å². The summed E-state index contributed by atoms with van der Waals surface area (Å²) in [6, 6.07) is 16.7. The first-order valence-corrected chi connectivity index (χ1v) is 9.99. The third kappa shape index (κ3) is 4.05. The maximum atomic E-state index is 13.1. The number of hydrogen-bond donors (Lipinski definition) is 1. The molecular formula is C22H20N4O2S. The molecule has 2 aromatic carbocycles. The molecule has 4 rings (SSSR count). The number of aromatic nitrogens is 3. The van der Waals surface area contributed by atoms with Gasteiger partial charge in [-0.05, 0) is 30.7 Å². The Kier molecular flexibility index (Phi) is 5.39. The van der Waals surface area contributed by atoms with Crippen molar-refractivity contribution in [3.63, 3.8) is 0 Å². The molecule has 1 atom stereocenters. The normalized spacial score (nSPS) is 11.8. The van der Waals surface area contributed by atoms with Gasteiger partial charge in [0.05, 0.1) is 12.8 Å². The van der Waals surface area contributed by atoms with Crippen LogP contribution in [-0.2, 0) is 4.79 Å². The molecule has 0 bridgehead atoms. The maximum absolute atomic E-state index is 13.1. The largest absolute Gasteiger partial charge is 0.496 e. The number of anilines is 1. The van der Waals surface area contributed by atoms with E-state index in [0.717, 1.165) is 28.1 Å². The lowest BCUT2D eigenvalue weighted by Crippen LogP contribution is -2.27. The zero-order valence-electron chi connectivity index (χ0n) is 16.1. The first kappa shape index (κ1) is 18.9. The van der Waals surface area contributed by atoms with Crippen LogP contribution in [0.25, 0.3) is 11.3 Å². The number of carbonyl (C=O) groups excluding carboxylic acids is 1. The van der Waals surface area contributed by atoms with Crippen LogP contribution in [0.4, 0.5) is 5.13 Å². The third-order valence-electron chi connectivity index (χ3n) is 4.52. The van der Waals surface area contributed by atoms with Crippen molar-refractivity contribution in [2.24, 2.45) is 0 Å². The van der Waals surface area contributed by atoms with Crippen molar-refractivity contribution in [2.45, 2.75) is 13.0 Å². The van der Waals surface area contributed by atoms with Crippen LogP contribution in [0.3, 0.4) is 0 Å². The Morgan fingerprint density at radius 1 is 1.17 bits per heavy atom. The number of methoxy groups -OCH3 is 1. The van der Waals surface area contributed by atoms with E-state index in [9.17, 15) is 4.79 Å². The Labute approximate surface area is 172 Å². The third-order valence-corrected chi connectivity index (χ3v) is 5.28. The molecule has 1 unspecified atom stereocenters. The first-order chi connectivity index (χ1) is 14.2. The molecule has 1 amide bonds. The SMILES string of the molecule is COc1ccc(C)cc1-c1csc(NC(=O)C(c2ccccc2)n2cccn2)n1. The lowest BCUT2D eigenvalue weighted by atomic mass is 10.1. The minimum atomic E-state index is -0.577. The highest BCUT2D eigenvalue weighted by atomic mass is 32.1. The fourth-order valence-corrected chi connectivity index (χ4v) is 3.86. The molecule has 2 heterocycles. The minimum Gasteiger partial charge on any atom is -0.496 e. The Morgan fingerprint density at radius 2 is 2.00 bits per heavy atom. The van der Waals surface area contributed by atoms with Gasteiger partial charge in [0.2, 0.25) is 0 Å². The molecule has 0 aliphatic heterocycles. The summed E-state index contributed by atoms with van der Waals surface area (Å²) in [5.41, 5.74) is 3.63. The predicted molar refractivity (Wildman–Crippen MR) is 114 cm³/mol. The van der Waals surface area contributed by atoms with Crippen LogP contribution in [0.5, 0.6) is 5.75 Å². The first-order valence-electron chi connectivity index (χ1n) is 9.11. The molecule has 0 radical (unpaired) electrons. The van der Waals surface area contributed by atoms with Gasteiger partial charge in [-0.25, -0.2) is 4.98 Å². The van der Waals surface area contributed by atoms with Crippen molar-refractivity contribution < 1.29 is 9.53 Å². The highest BCUT2D eigenvalue weighted by molar-refractivity contribution is 7.14. The summed E-state index contributed by atoms with van der Waals surface area (Å²) >= 11 is 1.38.